The first-order valence-electron chi connectivity index (χ1n) is 11.0. The van der Waals surface area contributed by atoms with Crippen molar-refractivity contribution >= 4 is 45.0 Å². The Kier molecular flexibility index (Phi) is 6.70. The number of benzene rings is 1. The van der Waals surface area contributed by atoms with E-state index in [9.17, 15) is 18.0 Å². The van der Waals surface area contributed by atoms with Crippen molar-refractivity contribution in [3.8, 4) is 0 Å². The van der Waals surface area contributed by atoms with Crippen LogP contribution in [-0.2, 0) is 19.6 Å². The summed E-state index contributed by atoms with van der Waals surface area (Å²) in [6.07, 6.45) is 5.42. The molecule has 1 aliphatic carbocycles. The fourth-order valence-corrected chi connectivity index (χ4v) is 6.77. The zero-order chi connectivity index (χ0) is 24.0. The molecule has 0 aromatic heterocycles. The van der Waals surface area contributed by atoms with Crippen molar-refractivity contribution in [2.45, 2.75) is 62.6 Å². The van der Waals surface area contributed by atoms with E-state index in [-0.39, 0.29) is 38.7 Å². The SMILES string of the molecule is CC1(C)CN(C2CC2)CC[C@@H]1NC(=O)C[C@@H]1C(=O)NC=CN1S(=O)(=O)c1cccc(Cl)c1Cl. The topological polar surface area (TPSA) is 98.8 Å². The molecular formula is C22H28Cl2N4O4S. The number of hydrogen-bond donors (Lipinski definition) is 2. The predicted molar refractivity (Wildman–Crippen MR) is 126 cm³/mol. The molecule has 2 fully saturated rings. The predicted octanol–water partition coefficient (Wildman–Crippen LogP) is 2.72. The van der Waals surface area contributed by atoms with Gasteiger partial charge in [-0.05, 0) is 36.8 Å². The quantitative estimate of drug-likeness (QED) is 0.607. The molecule has 180 valence electrons. The molecule has 2 aliphatic heterocycles. The van der Waals surface area contributed by atoms with Gasteiger partial charge < -0.3 is 10.6 Å². The number of piperidine rings is 1. The average molecular weight is 515 g/mol. The number of nitrogens with zero attached hydrogens (tertiary/aromatic N) is 2. The maximum Gasteiger partial charge on any atom is 0.266 e. The largest absolute Gasteiger partial charge is 0.353 e. The zero-order valence-corrected chi connectivity index (χ0v) is 20.9. The Labute approximate surface area is 204 Å². The van der Waals surface area contributed by atoms with Crippen molar-refractivity contribution < 1.29 is 18.0 Å². The molecule has 1 saturated carbocycles. The van der Waals surface area contributed by atoms with Gasteiger partial charge in [-0.15, -0.1) is 0 Å². The van der Waals surface area contributed by atoms with Gasteiger partial charge in [0.05, 0.1) is 16.5 Å². The van der Waals surface area contributed by atoms with E-state index in [2.05, 4.69) is 29.4 Å². The third-order valence-corrected chi connectivity index (χ3v) is 9.32. The summed E-state index contributed by atoms with van der Waals surface area (Å²) in [5.41, 5.74) is -0.134. The number of likely N-dealkylation sites (tertiary alicyclic amines) is 1. The Morgan fingerprint density at radius 3 is 2.64 bits per heavy atom. The molecule has 0 bridgehead atoms. The molecule has 4 rings (SSSR count). The second-order valence-electron chi connectivity index (χ2n) is 9.53. The van der Waals surface area contributed by atoms with E-state index in [1.807, 2.05) is 0 Å². The number of carbonyl (C=O) groups excluding carboxylic acids is 2. The first-order chi connectivity index (χ1) is 15.5. The molecule has 11 heteroatoms. The Morgan fingerprint density at radius 2 is 1.97 bits per heavy atom. The lowest BCUT2D eigenvalue weighted by Crippen LogP contribution is -2.57. The molecule has 8 nitrogen and oxygen atoms in total. The minimum atomic E-state index is -4.23. The first kappa shape index (κ1) is 24.3. The van der Waals surface area contributed by atoms with Gasteiger partial charge in [0.1, 0.15) is 10.9 Å². The summed E-state index contributed by atoms with van der Waals surface area (Å²) in [5, 5.41) is 5.49. The Hall–Kier alpha value is -1.81. The van der Waals surface area contributed by atoms with Crippen LogP contribution in [0.2, 0.25) is 10.0 Å². The Bertz CT molecular complexity index is 1090. The number of halogens is 2. The number of nitrogens with one attached hydrogen (secondary N) is 2. The summed E-state index contributed by atoms with van der Waals surface area (Å²) in [6, 6.07) is 3.61. The van der Waals surface area contributed by atoms with Crippen LogP contribution in [0.5, 0.6) is 0 Å². The van der Waals surface area contributed by atoms with E-state index < -0.39 is 22.0 Å². The highest BCUT2D eigenvalue weighted by molar-refractivity contribution is 7.89. The minimum absolute atomic E-state index is 0.0605. The van der Waals surface area contributed by atoms with Crippen LogP contribution in [0.1, 0.15) is 39.5 Å². The average Bonchev–Trinajstić information content (AvgIpc) is 3.58. The van der Waals surface area contributed by atoms with Crippen molar-refractivity contribution in [2.75, 3.05) is 13.1 Å². The van der Waals surface area contributed by atoms with E-state index in [0.29, 0.717) is 6.04 Å². The monoisotopic (exact) mass is 514 g/mol. The van der Waals surface area contributed by atoms with Gasteiger partial charge in [0.2, 0.25) is 11.8 Å². The van der Waals surface area contributed by atoms with E-state index in [0.717, 1.165) is 23.8 Å². The van der Waals surface area contributed by atoms with Crippen molar-refractivity contribution in [3.63, 3.8) is 0 Å². The maximum atomic E-state index is 13.3. The molecule has 1 aromatic rings. The highest BCUT2D eigenvalue weighted by Crippen LogP contribution is 2.37. The highest BCUT2D eigenvalue weighted by atomic mass is 35.5. The van der Waals surface area contributed by atoms with E-state index in [4.69, 9.17) is 23.2 Å². The van der Waals surface area contributed by atoms with E-state index in [1.165, 1.54) is 43.4 Å². The lowest BCUT2D eigenvalue weighted by Gasteiger charge is -2.45. The fraction of sp³-hybridized carbons (Fsp3) is 0.545. The van der Waals surface area contributed by atoms with E-state index >= 15 is 0 Å². The van der Waals surface area contributed by atoms with Crippen LogP contribution in [-0.4, -0.2) is 60.7 Å². The maximum absolute atomic E-state index is 13.3. The minimum Gasteiger partial charge on any atom is -0.353 e. The van der Waals surface area contributed by atoms with Crippen LogP contribution >= 0.6 is 23.2 Å². The molecule has 1 aromatic carbocycles. The third-order valence-electron chi connectivity index (χ3n) is 6.56. The highest BCUT2D eigenvalue weighted by Gasteiger charge is 2.43. The van der Waals surface area contributed by atoms with Crippen molar-refractivity contribution in [3.05, 3.63) is 40.6 Å². The Balaban J connectivity index is 1.49. The summed E-state index contributed by atoms with van der Waals surface area (Å²) < 4.78 is 27.5. The normalized spacial score (nSPS) is 25.6. The summed E-state index contributed by atoms with van der Waals surface area (Å²) >= 11 is 12.1. The summed E-state index contributed by atoms with van der Waals surface area (Å²) in [4.78, 5) is 27.8. The lowest BCUT2D eigenvalue weighted by molar-refractivity contribution is -0.130. The van der Waals surface area contributed by atoms with Crippen LogP contribution in [0.15, 0.2) is 35.5 Å². The molecule has 2 amide bonds. The van der Waals surface area contributed by atoms with Gasteiger partial charge >= 0.3 is 0 Å². The van der Waals surface area contributed by atoms with Gasteiger partial charge in [-0.2, -0.15) is 0 Å². The number of amides is 2. The number of sulfonamides is 1. The molecule has 1 saturated heterocycles. The van der Waals surface area contributed by atoms with Crippen LogP contribution in [0.25, 0.3) is 0 Å². The molecular weight excluding hydrogens is 487 g/mol. The van der Waals surface area contributed by atoms with Gasteiger partial charge in [0.25, 0.3) is 10.0 Å². The Morgan fingerprint density at radius 1 is 1.24 bits per heavy atom. The van der Waals surface area contributed by atoms with Crippen LogP contribution in [0.3, 0.4) is 0 Å². The molecule has 2 N–H and O–H groups in total. The standard InChI is InChI=1S/C22H28Cl2N4O4S/c1-22(2)13-27(14-6-7-14)10-8-18(22)26-19(29)12-16-21(30)25-9-11-28(16)33(31,32)17-5-3-4-15(23)20(17)24/h3-5,9,11,14,16,18H,6-8,10,12-13H2,1-2H3,(H,25,30)(H,26,29)/t16-,18+/m1/s1. The summed E-state index contributed by atoms with van der Waals surface area (Å²) in [5.74, 6) is -0.960. The van der Waals surface area contributed by atoms with Crippen molar-refractivity contribution in [1.29, 1.82) is 0 Å². The number of carbonyl (C=O) groups is 2. The van der Waals surface area contributed by atoms with Crippen LogP contribution < -0.4 is 10.6 Å². The second kappa shape index (κ2) is 9.09. The zero-order valence-electron chi connectivity index (χ0n) is 18.6. The van der Waals surface area contributed by atoms with Crippen LogP contribution in [0, 0.1) is 5.41 Å². The summed E-state index contributed by atoms with van der Waals surface area (Å²) in [6.45, 7) is 6.06. The van der Waals surface area contributed by atoms with Crippen molar-refractivity contribution in [1.82, 2.24) is 19.8 Å². The number of hydrogen-bond acceptors (Lipinski definition) is 5. The van der Waals surface area contributed by atoms with Gasteiger partial charge in [-0.3, -0.25) is 18.8 Å². The van der Waals surface area contributed by atoms with Gasteiger partial charge in [-0.1, -0.05) is 43.1 Å². The first-order valence-corrected chi connectivity index (χ1v) is 13.2. The number of rotatable bonds is 6. The van der Waals surface area contributed by atoms with Crippen molar-refractivity contribution in [2.24, 2.45) is 5.41 Å². The molecule has 2 atom stereocenters. The van der Waals surface area contributed by atoms with Gasteiger partial charge in [0, 0.05) is 37.6 Å². The van der Waals surface area contributed by atoms with Crippen LogP contribution in [0.4, 0.5) is 0 Å². The smallest absolute Gasteiger partial charge is 0.266 e. The third kappa shape index (κ3) is 5.01. The molecule has 0 unspecified atom stereocenters. The van der Waals surface area contributed by atoms with E-state index in [1.54, 1.807) is 0 Å². The molecule has 3 aliphatic rings. The second-order valence-corrected chi connectivity index (χ2v) is 12.1. The fourth-order valence-electron chi connectivity index (χ4n) is 4.58. The molecule has 0 radical (unpaired) electrons. The van der Waals surface area contributed by atoms with Gasteiger partial charge in [0.15, 0.2) is 0 Å². The summed E-state index contributed by atoms with van der Waals surface area (Å²) in [7, 11) is -4.23. The molecule has 0 spiro atoms. The molecule has 2 heterocycles. The molecule has 33 heavy (non-hydrogen) atoms. The van der Waals surface area contributed by atoms with Gasteiger partial charge in [-0.25, -0.2) is 8.42 Å². The lowest BCUT2D eigenvalue weighted by atomic mass is 9.79.